The van der Waals surface area contributed by atoms with E-state index in [1.165, 1.54) is 5.69 Å². The lowest BCUT2D eigenvalue weighted by atomic mass is 10.0. The summed E-state index contributed by atoms with van der Waals surface area (Å²) >= 11 is 0. The molecule has 0 saturated carbocycles. The van der Waals surface area contributed by atoms with E-state index in [-0.39, 0.29) is 0 Å². The van der Waals surface area contributed by atoms with Gasteiger partial charge in [-0.05, 0) is 31.5 Å². The summed E-state index contributed by atoms with van der Waals surface area (Å²) < 4.78 is 5.79. The van der Waals surface area contributed by atoms with E-state index in [9.17, 15) is 0 Å². The number of ether oxygens (including phenoxy) is 1. The van der Waals surface area contributed by atoms with E-state index in [0.717, 1.165) is 31.9 Å². The van der Waals surface area contributed by atoms with Gasteiger partial charge in [-0.1, -0.05) is 26.0 Å². The lowest BCUT2D eigenvalue weighted by Gasteiger charge is -2.30. The summed E-state index contributed by atoms with van der Waals surface area (Å²) in [6, 6.07) is 8.87. The third-order valence-electron chi connectivity index (χ3n) is 3.63. The molecule has 0 aliphatic carbocycles. The highest BCUT2D eigenvalue weighted by molar-refractivity contribution is 5.59. The molecule has 1 aromatic rings. The van der Waals surface area contributed by atoms with Crippen LogP contribution in [0.15, 0.2) is 24.3 Å². The normalized spacial score (nSPS) is 17.0. The second-order valence-electron chi connectivity index (χ2n) is 5.25. The van der Waals surface area contributed by atoms with E-state index < -0.39 is 0 Å². The Balaban J connectivity index is 2.17. The number of fused-ring (bicyclic) bond motifs is 1. The number of para-hydroxylation sites is 2. The van der Waals surface area contributed by atoms with Gasteiger partial charge in [0, 0.05) is 19.1 Å². The van der Waals surface area contributed by atoms with Gasteiger partial charge in [0.1, 0.15) is 5.75 Å². The molecule has 3 nitrogen and oxygen atoms in total. The van der Waals surface area contributed by atoms with Gasteiger partial charge in [-0.2, -0.15) is 0 Å². The smallest absolute Gasteiger partial charge is 0.142 e. The van der Waals surface area contributed by atoms with Gasteiger partial charge in [-0.15, -0.1) is 0 Å². The van der Waals surface area contributed by atoms with E-state index in [1.807, 2.05) is 13.1 Å². The summed E-state index contributed by atoms with van der Waals surface area (Å²) in [7, 11) is 2.05. The highest BCUT2D eigenvalue weighted by Crippen LogP contribution is 2.30. The standard InChI is InChI=1S/C15H24N2O/c1-12(2)13(16-3)11-17-9-6-10-18-15-8-5-4-7-14(15)17/h4-5,7-8,12-13,16H,6,9-11H2,1-3H3. The number of nitrogens with one attached hydrogen (secondary N) is 1. The van der Waals surface area contributed by atoms with Crippen LogP contribution in [0.2, 0.25) is 0 Å². The molecule has 1 N–H and O–H groups in total. The van der Waals surface area contributed by atoms with E-state index in [4.69, 9.17) is 4.74 Å². The van der Waals surface area contributed by atoms with Gasteiger partial charge in [0.15, 0.2) is 0 Å². The Morgan fingerprint density at radius 1 is 1.33 bits per heavy atom. The van der Waals surface area contributed by atoms with Gasteiger partial charge in [-0.3, -0.25) is 0 Å². The zero-order valence-corrected chi connectivity index (χ0v) is 11.6. The Morgan fingerprint density at radius 2 is 2.11 bits per heavy atom. The average molecular weight is 248 g/mol. The number of hydrogen-bond donors (Lipinski definition) is 1. The van der Waals surface area contributed by atoms with Crippen LogP contribution in [0.5, 0.6) is 5.75 Å². The Bertz CT molecular complexity index is 379. The van der Waals surface area contributed by atoms with Gasteiger partial charge < -0.3 is 15.0 Å². The third-order valence-corrected chi connectivity index (χ3v) is 3.63. The molecule has 1 unspecified atom stereocenters. The molecule has 0 radical (unpaired) electrons. The summed E-state index contributed by atoms with van der Waals surface area (Å²) in [4.78, 5) is 2.45. The van der Waals surface area contributed by atoms with Crippen LogP contribution in [-0.4, -0.2) is 32.8 Å². The quantitative estimate of drug-likeness (QED) is 0.886. The largest absolute Gasteiger partial charge is 0.491 e. The van der Waals surface area contributed by atoms with E-state index in [0.29, 0.717) is 12.0 Å². The molecule has 0 bridgehead atoms. The molecule has 100 valence electrons. The first-order valence-electron chi connectivity index (χ1n) is 6.86. The zero-order chi connectivity index (χ0) is 13.0. The molecule has 2 rings (SSSR count). The van der Waals surface area contributed by atoms with Crippen LogP contribution >= 0.6 is 0 Å². The van der Waals surface area contributed by atoms with Crippen molar-refractivity contribution in [1.82, 2.24) is 5.32 Å². The molecule has 0 spiro atoms. The van der Waals surface area contributed by atoms with Crippen molar-refractivity contribution in [3.05, 3.63) is 24.3 Å². The minimum absolute atomic E-state index is 0.510. The number of rotatable bonds is 4. The average Bonchev–Trinajstić information content (AvgIpc) is 2.58. The second kappa shape index (κ2) is 6.10. The van der Waals surface area contributed by atoms with Gasteiger partial charge in [0.2, 0.25) is 0 Å². The predicted octanol–water partition coefficient (Wildman–Crippen LogP) is 2.52. The second-order valence-corrected chi connectivity index (χ2v) is 5.25. The maximum absolute atomic E-state index is 5.79. The van der Waals surface area contributed by atoms with Crippen LogP contribution in [0.25, 0.3) is 0 Å². The molecule has 1 aliphatic rings. The van der Waals surface area contributed by atoms with E-state index in [2.05, 4.69) is 42.3 Å². The summed E-state index contributed by atoms with van der Waals surface area (Å²) in [6.07, 6.45) is 1.09. The van der Waals surface area contributed by atoms with Crippen molar-refractivity contribution < 1.29 is 4.74 Å². The SMILES string of the molecule is CNC(CN1CCCOc2ccccc21)C(C)C. The Morgan fingerprint density at radius 3 is 2.83 bits per heavy atom. The van der Waals surface area contributed by atoms with E-state index in [1.54, 1.807) is 0 Å². The van der Waals surface area contributed by atoms with Gasteiger partial charge >= 0.3 is 0 Å². The molecule has 18 heavy (non-hydrogen) atoms. The molecule has 0 amide bonds. The molecule has 0 aromatic heterocycles. The third kappa shape index (κ3) is 2.96. The lowest BCUT2D eigenvalue weighted by Crippen LogP contribution is -2.43. The first-order chi connectivity index (χ1) is 8.72. The maximum atomic E-state index is 5.79. The Kier molecular flexibility index (Phi) is 4.48. The number of likely N-dealkylation sites (N-methyl/N-ethyl adjacent to an activating group) is 1. The van der Waals surface area contributed by atoms with Crippen molar-refractivity contribution in [2.24, 2.45) is 5.92 Å². The van der Waals surface area contributed by atoms with Crippen LogP contribution in [0, 0.1) is 5.92 Å². The molecule has 3 heteroatoms. The summed E-state index contributed by atoms with van der Waals surface area (Å²) in [5, 5.41) is 3.42. The highest BCUT2D eigenvalue weighted by Gasteiger charge is 2.20. The minimum atomic E-state index is 0.510. The van der Waals surface area contributed by atoms with Crippen molar-refractivity contribution in [3.63, 3.8) is 0 Å². The van der Waals surface area contributed by atoms with Gasteiger partial charge in [0.05, 0.1) is 12.3 Å². The number of nitrogens with zero attached hydrogens (tertiary/aromatic N) is 1. The first kappa shape index (κ1) is 13.2. The molecule has 1 aromatic carbocycles. The Hall–Kier alpha value is -1.22. The monoisotopic (exact) mass is 248 g/mol. The predicted molar refractivity (Wildman–Crippen MR) is 76.5 cm³/mol. The number of hydrogen-bond acceptors (Lipinski definition) is 3. The van der Waals surface area contributed by atoms with Crippen molar-refractivity contribution in [2.45, 2.75) is 26.3 Å². The lowest BCUT2D eigenvalue weighted by molar-refractivity contribution is 0.322. The first-order valence-corrected chi connectivity index (χ1v) is 6.86. The molecule has 0 fully saturated rings. The molecular formula is C15H24N2O. The number of benzene rings is 1. The van der Waals surface area contributed by atoms with E-state index >= 15 is 0 Å². The highest BCUT2D eigenvalue weighted by atomic mass is 16.5. The van der Waals surface area contributed by atoms with Crippen LogP contribution in [0.4, 0.5) is 5.69 Å². The summed E-state index contributed by atoms with van der Waals surface area (Å²) in [5.41, 5.74) is 1.23. The molecule has 0 saturated heterocycles. The fourth-order valence-corrected chi connectivity index (χ4v) is 2.46. The maximum Gasteiger partial charge on any atom is 0.142 e. The van der Waals surface area contributed by atoms with Crippen molar-refractivity contribution in [3.8, 4) is 5.75 Å². The van der Waals surface area contributed by atoms with Gasteiger partial charge in [-0.25, -0.2) is 0 Å². The molecular weight excluding hydrogens is 224 g/mol. The summed E-state index contributed by atoms with van der Waals surface area (Å²) in [6.45, 7) is 7.46. The summed E-state index contributed by atoms with van der Waals surface area (Å²) in [5.74, 6) is 1.65. The van der Waals surface area contributed by atoms with Crippen LogP contribution in [-0.2, 0) is 0 Å². The fraction of sp³-hybridized carbons (Fsp3) is 0.600. The fourth-order valence-electron chi connectivity index (χ4n) is 2.46. The zero-order valence-electron chi connectivity index (χ0n) is 11.6. The van der Waals surface area contributed by atoms with Crippen LogP contribution in [0.1, 0.15) is 20.3 Å². The topological polar surface area (TPSA) is 24.5 Å². The molecule has 1 atom stereocenters. The Labute approximate surface area is 110 Å². The number of anilines is 1. The van der Waals surface area contributed by atoms with Crippen LogP contribution in [0.3, 0.4) is 0 Å². The van der Waals surface area contributed by atoms with Crippen molar-refractivity contribution in [1.29, 1.82) is 0 Å². The van der Waals surface area contributed by atoms with Gasteiger partial charge in [0.25, 0.3) is 0 Å². The molecule has 1 heterocycles. The minimum Gasteiger partial charge on any atom is -0.491 e. The molecule has 1 aliphatic heterocycles. The van der Waals surface area contributed by atoms with Crippen molar-refractivity contribution in [2.75, 3.05) is 31.6 Å². The van der Waals surface area contributed by atoms with Crippen molar-refractivity contribution >= 4 is 5.69 Å². The van der Waals surface area contributed by atoms with Crippen LogP contribution < -0.4 is 15.0 Å².